The number of carbonyl (C=O) groups is 1. The number of benzene rings is 1. The van der Waals surface area contributed by atoms with Gasteiger partial charge >= 0.3 is 0 Å². The van der Waals surface area contributed by atoms with Gasteiger partial charge in [0.2, 0.25) is 5.91 Å². The topological polar surface area (TPSA) is 96.7 Å². The Bertz CT molecular complexity index is 615. The van der Waals surface area contributed by atoms with Gasteiger partial charge in [-0.05, 0) is 43.0 Å². The molecule has 0 aliphatic heterocycles. The van der Waals surface area contributed by atoms with E-state index in [1.54, 1.807) is 0 Å². The number of hydrogen-bond acceptors (Lipinski definition) is 4. The van der Waals surface area contributed by atoms with E-state index in [-0.39, 0.29) is 5.91 Å². The molecule has 0 saturated heterocycles. The van der Waals surface area contributed by atoms with Crippen LogP contribution >= 0.6 is 0 Å². The number of aromatic nitrogens is 3. The number of hydrogen-bond donors (Lipinski definition) is 3. The first-order chi connectivity index (χ1) is 10.2. The van der Waals surface area contributed by atoms with E-state index in [2.05, 4.69) is 20.5 Å². The van der Waals surface area contributed by atoms with Crippen LogP contribution in [0.1, 0.15) is 31.5 Å². The predicted molar refractivity (Wildman–Crippen MR) is 80.3 cm³/mol. The molecule has 4 N–H and O–H groups in total. The van der Waals surface area contributed by atoms with Gasteiger partial charge in [0, 0.05) is 17.7 Å². The molecule has 0 bridgehead atoms. The molecule has 1 aromatic carbocycles. The highest BCUT2D eigenvalue weighted by atomic mass is 16.1. The van der Waals surface area contributed by atoms with E-state index in [1.807, 2.05) is 24.3 Å². The molecular weight excluding hydrogens is 266 g/mol. The molecule has 1 aliphatic carbocycles. The average molecular weight is 285 g/mol. The number of amides is 1. The number of nitrogens with two attached hydrogens (primary N) is 1. The third-order valence-electron chi connectivity index (χ3n) is 3.85. The normalized spacial score (nSPS) is 14.7. The summed E-state index contributed by atoms with van der Waals surface area (Å²) in [5, 5.41) is 9.81. The SMILES string of the molecule is NCc1nc(-c2ccc(NC(=O)CC3CCC3)cc2)n[nH]1. The van der Waals surface area contributed by atoms with Gasteiger partial charge in [0.25, 0.3) is 0 Å². The van der Waals surface area contributed by atoms with Gasteiger partial charge in [-0.2, -0.15) is 5.10 Å². The summed E-state index contributed by atoms with van der Waals surface area (Å²) >= 11 is 0. The number of anilines is 1. The summed E-state index contributed by atoms with van der Waals surface area (Å²) in [4.78, 5) is 16.1. The summed E-state index contributed by atoms with van der Waals surface area (Å²) < 4.78 is 0. The fraction of sp³-hybridized carbons (Fsp3) is 0.400. The van der Waals surface area contributed by atoms with Gasteiger partial charge in [0.05, 0.1) is 6.54 Å². The third kappa shape index (κ3) is 3.28. The zero-order valence-electron chi connectivity index (χ0n) is 11.8. The first-order valence-electron chi connectivity index (χ1n) is 7.26. The second-order valence-corrected chi connectivity index (χ2v) is 5.44. The van der Waals surface area contributed by atoms with Crippen LogP contribution in [0.4, 0.5) is 5.69 Å². The maximum atomic E-state index is 11.9. The van der Waals surface area contributed by atoms with Crippen molar-refractivity contribution in [3.63, 3.8) is 0 Å². The van der Waals surface area contributed by atoms with Crippen LogP contribution in [-0.4, -0.2) is 21.1 Å². The Balaban J connectivity index is 1.61. The molecule has 1 amide bonds. The molecule has 1 fully saturated rings. The van der Waals surface area contributed by atoms with Gasteiger partial charge in [-0.25, -0.2) is 4.98 Å². The smallest absolute Gasteiger partial charge is 0.224 e. The summed E-state index contributed by atoms with van der Waals surface area (Å²) in [7, 11) is 0. The number of nitrogens with zero attached hydrogens (tertiary/aromatic N) is 2. The van der Waals surface area contributed by atoms with Crippen molar-refractivity contribution in [1.29, 1.82) is 0 Å². The van der Waals surface area contributed by atoms with Gasteiger partial charge in [0.1, 0.15) is 5.82 Å². The van der Waals surface area contributed by atoms with Crippen LogP contribution < -0.4 is 11.1 Å². The molecule has 0 radical (unpaired) electrons. The lowest BCUT2D eigenvalue weighted by molar-refractivity contribution is -0.117. The summed E-state index contributed by atoms with van der Waals surface area (Å²) in [6.45, 7) is 0.336. The third-order valence-corrected chi connectivity index (χ3v) is 3.85. The van der Waals surface area contributed by atoms with Crippen molar-refractivity contribution in [1.82, 2.24) is 15.2 Å². The van der Waals surface area contributed by atoms with Crippen molar-refractivity contribution in [3.8, 4) is 11.4 Å². The van der Waals surface area contributed by atoms with Gasteiger partial charge in [-0.3, -0.25) is 9.89 Å². The van der Waals surface area contributed by atoms with Crippen LogP contribution in [0, 0.1) is 5.92 Å². The molecule has 0 unspecified atom stereocenters. The Morgan fingerprint density at radius 2 is 2.10 bits per heavy atom. The van der Waals surface area contributed by atoms with Crippen LogP contribution in [0.5, 0.6) is 0 Å². The molecule has 1 aromatic heterocycles. The summed E-state index contributed by atoms with van der Waals surface area (Å²) in [6, 6.07) is 7.52. The van der Waals surface area contributed by atoms with E-state index in [4.69, 9.17) is 5.73 Å². The number of carbonyl (C=O) groups excluding carboxylic acids is 1. The Morgan fingerprint density at radius 1 is 1.33 bits per heavy atom. The minimum atomic E-state index is 0.0933. The lowest BCUT2D eigenvalue weighted by Crippen LogP contribution is -2.20. The molecule has 21 heavy (non-hydrogen) atoms. The minimum absolute atomic E-state index is 0.0933. The zero-order chi connectivity index (χ0) is 14.7. The Morgan fingerprint density at radius 3 is 2.67 bits per heavy atom. The fourth-order valence-corrected chi connectivity index (χ4v) is 2.39. The first-order valence-corrected chi connectivity index (χ1v) is 7.26. The molecule has 1 heterocycles. The number of rotatable bonds is 5. The molecule has 0 atom stereocenters. The molecule has 6 heteroatoms. The molecule has 0 spiro atoms. The van der Waals surface area contributed by atoms with E-state index < -0.39 is 0 Å². The number of H-pyrrole nitrogens is 1. The second-order valence-electron chi connectivity index (χ2n) is 5.44. The Hall–Kier alpha value is -2.21. The Kier molecular flexibility index (Phi) is 3.96. The summed E-state index contributed by atoms with van der Waals surface area (Å²) in [6.07, 6.45) is 4.25. The summed E-state index contributed by atoms with van der Waals surface area (Å²) in [5.74, 6) is 1.94. The van der Waals surface area contributed by atoms with E-state index >= 15 is 0 Å². The molecule has 3 rings (SSSR count). The maximum Gasteiger partial charge on any atom is 0.224 e. The van der Waals surface area contributed by atoms with Crippen LogP contribution in [0.2, 0.25) is 0 Å². The van der Waals surface area contributed by atoms with E-state index in [9.17, 15) is 4.79 Å². The molecule has 6 nitrogen and oxygen atoms in total. The van der Waals surface area contributed by atoms with Crippen LogP contribution in [-0.2, 0) is 11.3 Å². The quantitative estimate of drug-likeness (QED) is 0.783. The lowest BCUT2D eigenvalue weighted by Gasteiger charge is -2.24. The zero-order valence-corrected chi connectivity index (χ0v) is 11.8. The maximum absolute atomic E-state index is 11.9. The van der Waals surface area contributed by atoms with E-state index in [0.717, 1.165) is 11.3 Å². The van der Waals surface area contributed by atoms with Crippen LogP contribution in [0.3, 0.4) is 0 Å². The molecule has 2 aromatic rings. The van der Waals surface area contributed by atoms with Crippen molar-refractivity contribution in [2.75, 3.05) is 5.32 Å². The highest BCUT2D eigenvalue weighted by Gasteiger charge is 2.20. The summed E-state index contributed by atoms with van der Waals surface area (Å²) in [5.41, 5.74) is 7.19. The highest BCUT2D eigenvalue weighted by Crippen LogP contribution is 2.29. The van der Waals surface area contributed by atoms with E-state index in [0.29, 0.717) is 30.5 Å². The highest BCUT2D eigenvalue weighted by molar-refractivity contribution is 5.91. The van der Waals surface area contributed by atoms with Crippen molar-refractivity contribution < 1.29 is 4.79 Å². The number of nitrogens with one attached hydrogen (secondary N) is 2. The average Bonchev–Trinajstić information content (AvgIpc) is 2.93. The van der Waals surface area contributed by atoms with Crippen molar-refractivity contribution in [2.45, 2.75) is 32.2 Å². The Labute approximate surface area is 123 Å². The monoisotopic (exact) mass is 285 g/mol. The first kappa shape index (κ1) is 13.8. The number of aromatic amines is 1. The predicted octanol–water partition coefficient (Wildman–Crippen LogP) is 2.06. The fourth-order valence-electron chi connectivity index (χ4n) is 2.39. The van der Waals surface area contributed by atoms with E-state index in [1.165, 1.54) is 19.3 Å². The van der Waals surface area contributed by atoms with Crippen LogP contribution in [0.25, 0.3) is 11.4 Å². The molecular formula is C15H19N5O. The van der Waals surface area contributed by atoms with Gasteiger partial charge in [-0.15, -0.1) is 0 Å². The van der Waals surface area contributed by atoms with Crippen molar-refractivity contribution >= 4 is 11.6 Å². The lowest BCUT2D eigenvalue weighted by atomic mass is 9.83. The largest absolute Gasteiger partial charge is 0.326 e. The van der Waals surface area contributed by atoms with Crippen molar-refractivity contribution in [2.24, 2.45) is 11.7 Å². The minimum Gasteiger partial charge on any atom is -0.326 e. The van der Waals surface area contributed by atoms with Crippen molar-refractivity contribution in [3.05, 3.63) is 30.1 Å². The molecule has 1 aliphatic rings. The molecule has 110 valence electrons. The second kappa shape index (κ2) is 6.05. The standard InChI is InChI=1S/C15H19N5O/c16-9-13-18-15(20-19-13)11-4-6-12(7-5-11)17-14(21)8-10-2-1-3-10/h4-7,10H,1-3,8-9,16H2,(H,17,21)(H,18,19,20). The van der Waals surface area contributed by atoms with Gasteiger partial charge in [0.15, 0.2) is 5.82 Å². The van der Waals surface area contributed by atoms with Gasteiger partial charge in [-0.1, -0.05) is 6.42 Å². The van der Waals surface area contributed by atoms with Gasteiger partial charge < -0.3 is 11.1 Å². The molecule has 1 saturated carbocycles. The van der Waals surface area contributed by atoms with Crippen LogP contribution in [0.15, 0.2) is 24.3 Å².